The van der Waals surface area contributed by atoms with E-state index in [9.17, 15) is 9.59 Å². The van der Waals surface area contributed by atoms with Crippen LogP contribution in [-0.4, -0.2) is 22.2 Å². The van der Waals surface area contributed by atoms with E-state index in [2.05, 4.69) is 0 Å². The van der Waals surface area contributed by atoms with Crippen LogP contribution in [0.3, 0.4) is 0 Å². The molecule has 4 nitrogen and oxygen atoms in total. The molecule has 3 rings (SSSR count). The van der Waals surface area contributed by atoms with Gasteiger partial charge in [0.15, 0.2) is 0 Å². The zero-order valence-electron chi connectivity index (χ0n) is 7.59. The van der Waals surface area contributed by atoms with Crippen LogP contribution in [0.4, 0.5) is 0 Å². The summed E-state index contributed by atoms with van der Waals surface area (Å²) < 4.78 is 0. The number of allylic oxidation sites excluding steroid dienone is 2. The predicted molar refractivity (Wildman–Crippen MR) is 47.6 cm³/mol. The molecule has 14 heavy (non-hydrogen) atoms. The molecule has 0 aliphatic heterocycles. The van der Waals surface area contributed by atoms with Crippen molar-refractivity contribution in [2.45, 2.75) is 12.8 Å². The van der Waals surface area contributed by atoms with Gasteiger partial charge in [-0.25, -0.2) is 0 Å². The SMILES string of the molecule is O=C(O)[C@H]1[C@H](C(=O)O)[C@@H]2C=C[C@@H]1CC2. The summed E-state index contributed by atoms with van der Waals surface area (Å²) >= 11 is 0. The number of carbonyl (C=O) groups is 2. The first-order chi connectivity index (χ1) is 6.61. The molecule has 1 fully saturated rings. The molecule has 0 unspecified atom stereocenters. The van der Waals surface area contributed by atoms with E-state index in [1.54, 1.807) is 0 Å². The first-order valence-electron chi connectivity index (χ1n) is 4.75. The molecule has 3 aliphatic rings. The van der Waals surface area contributed by atoms with E-state index in [0.29, 0.717) is 0 Å². The van der Waals surface area contributed by atoms with Crippen LogP contribution in [0.1, 0.15) is 12.8 Å². The minimum Gasteiger partial charge on any atom is -0.481 e. The topological polar surface area (TPSA) is 74.6 Å². The lowest BCUT2D eigenvalue weighted by Gasteiger charge is -2.40. The molecule has 1 saturated carbocycles. The minimum atomic E-state index is -0.976. The number of carboxylic acids is 2. The van der Waals surface area contributed by atoms with E-state index in [1.165, 1.54) is 0 Å². The highest BCUT2D eigenvalue weighted by Crippen LogP contribution is 2.44. The number of hydrogen-bond acceptors (Lipinski definition) is 2. The van der Waals surface area contributed by atoms with Crippen LogP contribution in [0.5, 0.6) is 0 Å². The molecule has 2 bridgehead atoms. The van der Waals surface area contributed by atoms with Gasteiger partial charge in [0.25, 0.3) is 0 Å². The molecule has 76 valence electrons. The summed E-state index contributed by atoms with van der Waals surface area (Å²) in [5.41, 5.74) is 0. The number of aliphatic carboxylic acids is 2. The van der Waals surface area contributed by atoms with E-state index in [4.69, 9.17) is 10.2 Å². The predicted octanol–water partition coefficient (Wildman–Crippen LogP) is 0.984. The van der Waals surface area contributed by atoms with E-state index < -0.39 is 23.8 Å². The van der Waals surface area contributed by atoms with Crippen molar-refractivity contribution in [3.05, 3.63) is 12.2 Å². The molecule has 4 heteroatoms. The molecule has 0 aromatic rings. The zero-order valence-corrected chi connectivity index (χ0v) is 7.59. The van der Waals surface area contributed by atoms with Crippen LogP contribution >= 0.6 is 0 Å². The fourth-order valence-electron chi connectivity index (χ4n) is 2.67. The molecular weight excluding hydrogens is 184 g/mol. The van der Waals surface area contributed by atoms with Crippen molar-refractivity contribution in [1.29, 1.82) is 0 Å². The van der Waals surface area contributed by atoms with Gasteiger partial charge in [-0.1, -0.05) is 12.2 Å². The quantitative estimate of drug-likeness (QED) is 0.646. The van der Waals surface area contributed by atoms with Gasteiger partial charge in [0, 0.05) is 0 Å². The summed E-state index contributed by atoms with van der Waals surface area (Å²) in [5, 5.41) is 18.0. The van der Waals surface area contributed by atoms with Crippen molar-refractivity contribution in [1.82, 2.24) is 0 Å². The molecule has 3 aliphatic carbocycles. The monoisotopic (exact) mass is 196 g/mol. The highest BCUT2D eigenvalue weighted by atomic mass is 16.4. The van der Waals surface area contributed by atoms with Gasteiger partial charge in [-0.2, -0.15) is 0 Å². The molecule has 0 amide bonds. The van der Waals surface area contributed by atoms with E-state index in [-0.39, 0.29) is 11.8 Å². The average molecular weight is 196 g/mol. The summed E-state index contributed by atoms with van der Waals surface area (Å²) in [6, 6.07) is 0. The second-order valence-electron chi connectivity index (χ2n) is 4.02. The van der Waals surface area contributed by atoms with Gasteiger partial charge in [0.2, 0.25) is 0 Å². The summed E-state index contributed by atoms with van der Waals surface area (Å²) in [6.45, 7) is 0. The van der Waals surface area contributed by atoms with Gasteiger partial charge in [0.1, 0.15) is 0 Å². The molecule has 4 atom stereocenters. The van der Waals surface area contributed by atoms with E-state index in [1.807, 2.05) is 12.2 Å². The van der Waals surface area contributed by atoms with Gasteiger partial charge in [0.05, 0.1) is 11.8 Å². The number of hydrogen-bond donors (Lipinski definition) is 2. The molecule has 2 N–H and O–H groups in total. The number of fused-ring (bicyclic) bond motifs is 2. The van der Waals surface area contributed by atoms with Gasteiger partial charge in [-0.3, -0.25) is 9.59 Å². The third-order valence-electron chi connectivity index (χ3n) is 3.32. The molecule has 0 spiro atoms. The maximum atomic E-state index is 11.0. The van der Waals surface area contributed by atoms with E-state index >= 15 is 0 Å². The fourth-order valence-corrected chi connectivity index (χ4v) is 2.67. The third-order valence-corrected chi connectivity index (χ3v) is 3.32. The van der Waals surface area contributed by atoms with Crippen LogP contribution in [0.25, 0.3) is 0 Å². The standard InChI is InChI=1S/C10H12O4/c11-9(12)7-5-1-2-6(4-3-5)8(7)10(13)14/h1-2,5-8H,3-4H2,(H,11,12)(H,13,14)/t5-,6-,7-,8-/m1/s1. The fraction of sp³-hybridized carbons (Fsp3) is 0.600. The molecule has 0 aromatic heterocycles. The lowest BCUT2D eigenvalue weighted by Crippen LogP contribution is -2.45. The largest absolute Gasteiger partial charge is 0.481 e. The lowest BCUT2D eigenvalue weighted by atomic mass is 9.62. The van der Waals surface area contributed by atoms with Crippen LogP contribution < -0.4 is 0 Å². The number of rotatable bonds is 2. The van der Waals surface area contributed by atoms with Crippen molar-refractivity contribution >= 4 is 11.9 Å². The summed E-state index contributed by atoms with van der Waals surface area (Å²) in [4.78, 5) is 21.9. The molecular formula is C10H12O4. The van der Waals surface area contributed by atoms with Gasteiger partial charge in [-0.05, 0) is 24.7 Å². The maximum absolute atomic E-state index is 11.0. The Balaban J connectivity index is 2.33. The Morgan fingerprint density at radius 2 is 1.29 bits per heavy atom. The minimum absolute atomic E-state index is 0.0846. The first-order valence-corrected chi connectivity index (χ1v) is 4.75. The smallest absolute Gasteiger partial charge is 0.307 e. The van der Waals surface area contributed by atoms with Crippen LogP contribution in [0.2, 0.25) is 0 Å². The lowest BCUT2D eigenvalue weighted by molar-refractivity contribution is -0.160. The van der Waals surface area contributed by atoms with Gasteiger partial charge in [-0.15, -0.1) is 0 Å². The van der Waals surface area contributed by atoms with Crippen molar-refractivity contribution in [3.8, 4) is 0 Å². The highest BCUT2D eigenvalue weighted by molar-refractivity contribution is 5.81. The molecule has 0 aromatic carbocycles. The Labute approximate surface area is 81.2 Å². The van der Waals surface area contributed by atoms with Crippen molar-refractivity contribution in [2.24, 2.45) is 23.7 Å². The second kappa shape index (κ2) is 3.12. The molecule has 0 saturated heterocycles. The average Bonchev–Trinajstić information content (AvgIpc) is 2.17. The van der Waals surface area contributed by atoms with Crippen LogP contribution in [-0.2, 0) is 9.59 Å². The molecule has 0 heterocycles. The molecule has 0 radical (unpaired) electrons. The Hall–Kier alpha value is -1.32. The van der Waals surface area contributed by atoms with Gasteiger partial charge < -0.3 is 10.2 Å². The Morgan fingerprint density at radius 1 is 0.929 bits per heavy atom. The summed E-state index contributed by atoms with van der Waals surface area (Å²) in [6.07, 6.45) is 5.35. The van der Waals surface area contributed by atoms with Crippen LogP contribution in [0.15, 0.2) is 12.2 Å². The van der Waals surface area contributed by atoms with Crippen molar-refractivity contribution in [3.63, 3.8) is 0 Å². The maximum Gasteiger partial charge on any atom is 0.307 e. The Morgan fingerprint density at radius 3 is 1.50 bits per heavy atom. The van der Waals surface area contributed by atoms with Crippen molar-refractivity contribution < 1.29 is 19.8 Å². The summed E-state index contributed by atoms with van der Waals surface area (Å²) in [5.74, 6) is -3.57. The zero-order chi connectivity index (χ0) is 10.3. The first kappa shape index (κ1) is 9.24. The van der Waals surface area contributed by atoms with Crippen LogP contribution in [0, 0.1) is 23.7 Å². The second-order valence-corrected chi connectivity index (χ2v) is 4.02. The van der Waals surface area contributed by atoms with E-state index in [0.717, 1.165) is 12.8 Å². The van der Waals surface area contributed by atoms with Crippen molar-refractivity contribution in [2.75, 3.05) is 0 Å². The highest BCUT2D eigenvalue weighted by Gasteiger charge is 2.48. The van der Waals surface area contributed by atoms with Gasteiger partial charge >= 0.3 is 11.9 Å². The third kappa shape index (κ3) is 1.22. The normalized spacial score (nSPS) is 39.7. The Bertz CT molecular complexity index is 277. The number of carboxylic acid groups (broad SMARTS) is 2. The Kier molecular flexibility index (Phi) is 2.06. The summed E-state index contributed by atoms with van der Waals surface area (Å²) in [7, 11) is 0.